The summed E-state index contributed by atoms with van der Waals surface area (Å²) in [5.74, 6) is -0.147. The molecule has 1 N–H and O–H groups in total. The smallest absolute Gasteiger partial charge is 0.339 e. The molecule has 1 atom stereocenters. The summed E-state index contributed by atoms with van der Waals surface area (Å²) >= 11 is 0. The molecular formula is C29H30F3N7O2. The number of nitrogens with one attached hydrogen (secondary N) is 1. The molecule has 4 aromatic rings. The molecule has 3 aromatic heterocycles. The summed E-state index contributed by atoms with van der Waals surface area (Å²) in [7, 11) is 0. The number of aryl methyl sites for hydroxylation is 1. The number of hydrogen-bond donors (Lipinski definition) is 1. The van der Waals surface area contributed by atoms with E-state index < -0.39 is 23.5 Å². The highest BCUT2D eigenvalue weighted by molar-refractivity contribution is 6.13. The number of benzene rings is 1. The van der Waals surface area contributed by atoms with Crippen molar-refractivity contribution in [1.29, 1.82) is 0 Å². The van der Waals surface area contributed by atoms with Gasteiger partial charge in [0.1, 0.15) is 6.54 Å². The van der Waals surface area contributed by atoms with Crippen molar-refractivity contribution in [2.45, 2.75) is 72.1 Å². The van der Waals surface area contributed by atoms with Gasteiger partial charge in [0.25, 0.3) is 5.91 Å². The van der Waals surface area contributed by atoms with Crippen LogP contribution >= 0.6 is 0 Å². The van der Waals surface area contributed by atoms with Crippen LogP contribution in [0.2, 0.25) is 0 Å². The van der Waals surface area contributed by atoms with E-state index in [2.05, 4.69) is 27.5 Å². The normalized spacial score (nSPS) is 15.9. The minimum Gasteiger partial charge on any atom is -0.339 e. The molecule has 0 aliphatic carbocycles. The van der Waals surface area contributed by atoms with Crippen molar-refractivity contribution in [1.82, 2.24) is 24.9 Å². The predicted molar refractivity (Wildman–Crippen MR) is 149 cm³/mol. The third-order valence-electron chi connectivity index (χ3n) is 7.09. The maximum atomic E-state index is 14.1. The van der Waals surface area contributed by atoms with Crippen molar-refractivity contribution < 1.29 is 22.5 Å². The second kappa shape index (κ2) is 11.3. The monoisotopic (exact) mass is 565 g/mol. The van der Waals surface area contributed by atoms with Gasteiger partial charge in [0.15, 0.2) is 11.5 Å². The summed E-state index contributed by atoms with van der Waals surface area (Å²) < 4.78 is 48.4. The summed E-state index contributed by atoms with van der Waals surface area (Å²) in [6, 6.07) is 8.91. The van der Waals surface area contributed by atoms with Crippen molar-refractivity contribution in [3.05, 3.63) is 70.8 Å². The zero-order valence-electron chi connectivity index (χ0n) is 23.2. The van der Waals surface area contributed by atoms with E-state index in [0.29, 0.717) is 35.3 Å². The van der Waals surface area contributed by atoms with Crippen LogP contribution in [-0.2, 0) is 19.1 Å². The maximum Gasteiger partial charge on any atom is 0.437 e. The number of hydrogen-bond acceptors (Lipinski definition) is 7. The van der Waals surface area contributed by atoms with Crippen LogP contribution in [0.5, 0.6) is 0 Å². The number of para-hydroxylation sites is 1. The highest BCUT2D eigenvalue weighted by Gasteiger charge is 2.39. The Labute approximate surface area is 234 Å². The molecular weight excluding hydrogens is 535 g/mol. The maximum absolute atomic E-state index is 14.1. The molecule has 0 saturated carbocycles. The highest BCUT2D eigenvalue weighted by atomic mass is 19.4. The number of carbonyl (C=O) groups excluding carboxylic acids is 1. The molecule has 1 aliphatic heterocycles. The number of allylic oxidation sites excluding steroid dienone is 2. The van der Waals surface area contributed by atoms with Gasteiger partial charge in [-0.15, -0.1) is 0 Å². The van der Waals surface area contributed by atoms with E-state index in [1.54, 1.807) is 30.3 Å². The Hall–Kier alpha value is -4.35. The van der Waals surface area contributed by atoms with Crippen LogP contribution in [0.3, 0.4) is 0 Å². The molecule has 1 aliphatic rings. The van der Waals surface area contributed by atoms with Crippen LogP contribution in [-0.4, -0.2) is 42.6 Å². The van der Waals surface area contributed by atoms with Crippen LogP contribution < -0.4 is 5.32 Å². The van der Waals surface area contributed by atoms with Crippen LogP contribution in [0.1, 0.15) is 79.2 Å². The number of nitrogens with zero attached hydrogens (tertiary/aromatic N) is 6. The zero-order valence-corrected chi connectivity index (χ0v) is 23.2. The van der Waals surface area contributed by atoms with Gasteiger partial charge in [-0.25, -0.2) is 4.98 Å². The topological polar surface area (TPSA) is 111 Å². The fourth-order valence-electron chi connectivity index (χ4n) is 4.92. The molecule has 41 heavy (non-hydrogen) atoms. The summed E-state index contributed by atoms with van der Waals surface area (Å²) in [5.41, 5.74) is 1.64. The predicted octanol–water partition coefficient (Wildman–Crippen LogP) is 6.42. The van der Waals surface area contributed by atoms with E-state index in [4.69, 9.17) is 14.5 Å². The van der Waals surface area contributed by atoms with Crippen molar-refractivity contribution in [3.8, 4) is 0 Å². The van der Waals surface area contributed by atoms with Gasteiger partial charge in [-0.3, -0.25) is 14.5 Å². The third kappa shape index (κ3) is 5.91. The second-order valence-corrected chi connectivity index (χ2v) is 9.99. The van der Waals surface area contributed by atoms with Crippen LogP contribution in [0.15, 0.2) is 45.9 Å². The SMILES string of the molecule is CCc1nc(Cn2nc(C(F)(F)F)c(NC(=O)c3cc(C4=CC(C)=NC(CC)CC4)nc4ccccc34)c2C)no1. The lowest BCUT2D eigenvalue weighted by Crippen LogP contribution is -2.17. The second-order valence-electron chi connectivity index (χ2n) is 9.99. The van der Waals surface area contributed by atoms with E-state index in [0.717, 1.165) is 28.8 Å². The first-order valence-corrected chi connectivity index (χ1v) is 13.5. The van der Waals surface area contributed by atoms with Crippen LogP contribution in [0.4, 0.5) is 18.9 Å². The van der Waals surface area contributed by atoms with Crippen molar-refractivity contribution >= 4 is 33.8 Å². The number of anilines is 1. The molecule has 0 spiro atoms. The molecule has 0 fully saturated rings. The van der Waals surface area contributed by atoms with Gasteiger partial charge in [-0.2, -0.15) is 23.3 Å². The average molecular weight is 566 g/mol. The fourth-order valence-corrected chi connectivity index (χ4v) is 4.92. The molecule has 1 amide bonds. The van der Waals surface area contributed by atoms with Gasteiger partial charge in [0, 0.05) is 17.5 Å². The van der Waals surface area contributed by atoms with Crippen molar-refractivity contribution in [2.75, 3.05) is 5.32 Å². The molecule has 5 rings (SSSR count). The third-order valence-corrected chi connectivity index (χ3v) is 7.09. The van der Waals surface area contributed by atoms with Gasteiger partial charge in [0.2, 0.25) is 5.89 Å². The highest BCUT2D eigenvalue weighted by Crippen LogP contribution is 2.37. The minimum atomic E-state index is -4.81. The van der Waals surface area contributed by atoms with E-state index in [1.165, 1.54) is 6.92 Å². The molecule has 9 nitrogen and oxygen atoms in total. The van der Waals surface area contributed by atoms with Gasteiger partial charge in [-0.05, 0) is 56.9 Å². The minimum absolute atomic E-state index is 0.107. The number of amides is 1. The molecule has 1 aromatic carbocycles. The van der Waals surface area contributed by atoms with E-state index >= 15 is 0 Å². The molecule has 0 bridgehead atoms. The quantitative estimate of drug-likeness (QED) is 0.277. The number of fused-ring (bicyclic) bond motifs is 1. The number of alkyl halides is 3. The van der Waals surface area contributed by atoms with Crippen molar-refractivity contribution in [2.24, 2.45) is 4.99 Å². The summed E-state index contributed by atoms with van der Waals surface area (Å²) in [5, 5.41) is 10.6. The van der Waals surface area contributed by atoms with Crippen LogP contribution in [0.25, 0.3) is 16.5 Å². The largest absolute Gasteiger partial charge is 0.437 e. The zero-order chi connectivity index (χ0) is 29.3. The Balaban J connectivity index is 1.53. The average Bonchev–Trinajstić information content (AvgIpc) is 3.47. The van der Waals surface area contributed by atoms with Gasteiger partial charge < -0.3 is 9.84 Å². The molecule has 4 heterocycles. The molecule has 214 valence electrons. The molecule has 0 saturated heterocycles. The molecule has 0 radical (unpaired) electrons. The Morgan fingerprint density at radius 2 is 1.95 bits per heavy atom. The van der Waals surface area contributed by atoms with E-state index in [1.807, 2.05) is 19.9 Å². The van der Waals surface area contributed by atoms with Gasteiger partial charge in [-0.1, -0.05) is 37.2 Å². The van der Waals surface area contributed by atoms with Gasteiger partial charge >= 0.3 is 6.18 Å². The van der Waals surface area contributed by atoms with E-state index in [9.17, 15) is 18.0 Å². The summed E-state index contributed by atoms with van der Waals surface area (Å²) in [6.45, 7) is 7.15. The fraction of sp³-hybridized carbons (Fsp3) is 0.379. The summed E-state index contributed by atoms with van der Waals surface area (Å²) in [6.07, 6.45) is 0.109. The first kappa shape index (κ1) is 28.2. The number of halogens is 3. The Kier molecular flexibility index (Phi) is 7.74. The number of rotatable bonds is 7. The first-order valence-electron chi connectivity index (χ1n) is 13.5. The number of carbonyl (C=O) groups is 1. The number of pyridine rings is 1. The Bertz CT molecular complexity index is 1670. The standard InChI is InChI=1S/C29H30F3N7O2/c1-5-19-12-11-18(13-16(3)33-19)23-14-21(20-9-7-8-10-22(20)34-23)28(40)36-26-17(4)39(37-27(26)29(30,31)32)15-24-35-25(6-2)41-38-24/h7-10,13-14,19H,5-6,11-12,15H2,1-4H3,(H,36,40). The lowest BCUT2D eigenvalue weighted by molar-refractivity contribution is -0.140. The van der Waals surface area contributed by atoms with E-state index in [-0.39, 0.29) is 29.7 Å². The first-order chi connectivity index (χ1) is 19.6. The van der Waals surface area contributed by atoms with Crippen molar-refractivity contribution in [3.63, 3.8) is 0 Å². The Morgan fingerprint density at radius 1 is 1.17 bits per heavy atom. The van der Waals surface area contributed by atoms with Gasteiger partial charge in [0.05, 0.1) is 34.2 Å². The number of aliphatic imine (C=N–C) groups is 1. The number of aromatic nitrogens is 5. The summed E-state index contributed by atoms with van der Waals surface area (Å²) in [4.78, 5) is 27.4. The Morgan fingerprint density at radius 3 is 2.66 bits per heavy atom. The lowest BCUT2D eigenvalue weighted by atomic mass is 9.98. The molecule has 1 unspecified atom stereocenters. The molecule has 12 heteroatoms. The lowest BCUT2D eigenvalue weighted by Gasteiger charge is -2.14. The van der Waals surface area contributed by atoms with Crippen LogP contribution in [0, 0.1) is 6.92 Å².